The van der Waals surface area contributed by atoms with Crippen LogP contribution in [0.3, 0.4) is 0 Å². The topological polar surface area (TPSA) is 79.6 Å². The first kappa shape index (κ1) is 18.6. The molecule has 2 aromatic carbocycles. The first-order valence-electron chi connectivity index (χ1n) is 9.43. The predicted octanol–water partition coefficient (Wildman–Crippen LogP) is 3.36. The highest BCUT2D eigenvalue weighted by Crippen LogP contribution is 2.21. The van der Waals surface area contributed by atoms with E-state index in [9.17, 15) is 9.59 Å². The summed E-state index contributed by atoms with van der Waals surface area (Å²) in [6.45, 7) is 2.57. The number of nitrogens with one attached hydrogen (secondary N) is 1. The van der Waals surface area contributed by atoms with Gasteiger partial charge in [0, 0.05) is 19.0 Å². The molecule has 0 fully saturated rings. The number of aromatic nitrogens is 2. The number of amides is 2. The third-order valence-corrected chi connectivity index (χ3v) is 4.62. The highest BCUT2D eigenvalue weighted by atomic mass is 16.2. The number of carbonyl (C=O) groups excluding carboxylic acids is 2. The molecule has 0 saturated carbocycles. The number of hydrogen-bond donors (Lipinski definition) is 1. The number of anilines is 2. The molecule has 1 aliphatic rings. The van der Waals surface area contributed by atoms with Crippen LogP contribution in [0.2, 0.25) is 0 Å². The van der Waals surface area contributed by atoms with Gasteiger partial charge < -0.3 is 5.32 Å². The zero-order chi connectivity index (χ0) is 20.2. The van der Waals surface area contributed by atoms with Crippen LogP contribution in [0.1, 0.15) is 24.0 Å². The van der Waals surface area contributed by atoms with Crippen molar-refractivity contribution in [2.24, 2.45) is 5.10 Å². The lowest BCUT2D eigenvalue weighted by Gasteiger charge is -2.23. The molecular formula is C22H21N5O2. The molecule has 3 aromatic rings. The van der Waals surface area contributed by atoms with Gasteiger partial charge in [-0.3, -0.25) is 14.3 Å². The molecule has 7 heteroatoms. The predicted molar refractivity (Wildman–Crippen MR) is 112 cm³/mol. The highest BCUT2D eigenvalue weighted by molar-refractivity contribution is 6.44. The van der Waals surface area contributed by atoms with E-state index < -0.39 is 0 Å². The van der Waals surface area contributed by atoms with E-state index >= 15 is 0 Å². The van der Waals surface area contributed by atoms with Crippen LogP contribution in [0, 0.1) is 6.92 Å². The second-order valence-electron chi connectivity index (χ2n) is 6.96. The SMILES string of the molecule is Cc1cccc(N2N=C(C(=O)Nc3cnn(Cc4ccccc4)c3)CCC2=O)c1. The second kappa shape index (κ2) is 8.10. The quantitative estimate of drug-likeness (QED) is 0.729. The minimum absolute atomic E-state index is 0.122. The summed E-state index contributed by atoms with van der Waals surface area (Å²) in [4.78, 5) is 25.0. The van der Waals surface area contributed by atoms with Gasteiger partial charge in [-0.05, 0) is 30.2 Å². The molecule has 0 unspecified atom stereocenters. The van der Waals surface area contributed by atoms with E-state index in [1.165, 1.54) is 5.01 Å². The van der Waals surface area contributed by atoms with Gasteiger partial charge in [-0.2, -0.15) is 10.2 Å². The van der Waals surface area contributed by atoms with E-state index in [1.807, 2.05) is 61.5 Å². The van der Waals surface area contributed by atoms with Gasteiger partial charge in [0.2, 0.25) is 5.91 Å². The largest absolute Gasteiger partial charge is 0.318 e. The second-order valence-corrected chi connectivity index (χ2v) is 6.96. The van der Waals surface area contributed by atoms with Gasteiger partial charge >= 0.3 is 0 Å². The lowest BCUT2D eigenvalue weighted by molar-refractivity contribution is -0.118. The van der Waals surface area contributed by atoms with Crippen molar-refractivity contribution in [1.29, 1.82) is 0 Å². The summed E-state index contributed by atoms with van der Waals surface area (Å²) in [6.07, 6.45) is 3.93. The molecule has 29 heavy (non-hydrogen) atoms. The summed E-state index contributed by atoms with van der Waals surface area (Å²) in [6, 6.07) is 17.5. The average molecular weight is 387 g/mol. The van der Waals surface area contributed by atoms with E-state index in [2.05, 4.69) is 15.5 Å². The smallest absolute Gasteiger partial charge is 0.271 e. The molecule has 0 saturated heterocycles. The summed E-state index contributed by atoms with van der Waals surface area (Å²) < 4.78 is 1.76. The van der Waals surface area contributed by atoms with Crippen LogP contribution < -0.4 is 10.3 Å². The van der Waals surface area contributed by atoms with Gasteiger partial charge in [0.25, 0.3) is 5.91 Å². The van der Waals surface area contributed by atoms with Gasteiger partial charge in [-0.15, -0.1) is 0 Å². The number of benzene rings is 2. The maximum atomic E-state index is 12.7. The zero-order valence-corrected chi connectivity index (χ0v) is 16.1. The summed E-state index contributed by atoms with van der Waals surface area (Å²) in [5.41, 5.74) is 3.72. The van der Waals surface area contributed by atoms with Crippen molar-refractivity contribution in [3.8, 4) is 0 Å². The van der Waals surface area contributed by atoms with Gasteiger partial charge in [0.15, 0.2) is 0 Å². The minimum Gasteiger partial charge on any atom is -0.318 e. The number of hydrogen-bond acceptors (Lipinski definition) is 4. The van der Waals surface area contributed by atoms with Crippen LogP contribution in [0.4, 0.5) is 11.4 Å². The lowest BCUT2D eigenvalue weighted by Crippen LogP contribution is -2.36. The van der Waals surface area contributed by atoms with E-state index in [0.29, 0.717) is 30.1 Å². The molecule has 146 valence electrons. The van der Waals surface area contributed by atoms with Crippen LogP contribution in [-0.2, 0) is 16.1 Å². The molecular weight excluding hydrogens is 366 g/mol. The fourth-order valence-electron chi connectivity index (χ4n) is 3.17. The van der Waals surface area contributed by atoms with Crippen LogP contribution in [0.5, 0.6) is 0 Å². The van der Waals surface area contributed by atoms with E-state index in [1.54, 1.807) is 17.1 Å². The first-order valence-corrected chi connectivity index (χ1v) is 9.43. The third-order valence-electron chi connectivity index (χ3n) is 4.62. The highest BCUT2D eigenvalue weighted by Gasteiger charge is 2.25. The Bertz CT molecular complexity index is 1070. The minimum atomic E-state index is -0.325. The molecule has 0 atom stereocenters. The summed E-state index contributed by atoms with van der Waals surface area (Å²) in [7, 11) is 0. The maximum Gasteiger partial charge on any atom is 0.271 e. The van der Waals surface area contributed by atoms with Crippen LogP contribution in [0.15, 0.2) is 72.1 Å². The average Bonchev–Trinajstić information content (AvgIpc) is 3.15. The van der Waals surface area contributed by atoms with Crippen LogP contribution >= 0.6 is 0 Å². The molecule has 0 spiro atoms. The van der Waals surface area contributed by atoms with Crippen molar-refractivity contribution < 1.29 is 9.59 Å². The Balaban J connectivity index is 1.47. The number of aryl methyl sites for hydroxylation is 1. The standard InChI is InChI=1S/C22H21N5O2/c1-16-6-5-9-19(12-16)27-21(28)11-10-20(25-27)22(29)24-18-13-23-26(15-18)14-17-7-3-2-4-8-17/h2-9,12-13,15H,10-11,14H2,1H3,(H,24,29). The normalized spacial score (nSPS) is 13.9. The van der Waals surface area contributed by atoms with E-state index in [0.717, 1.165) is 11.1 Å². The fourth-order valence-corrected chi connectivity index (χ4v) is 3.17. The van der Waals surface area contributed by atoms with Gasteiger partial charge in [-0.25, -0.2) is 5.01 Å². The molecule has 2 amide bonds. The van der Waals surface area contributed by atoms with Gasteiger partial charge in [0.1, 0.15) is 5.71 Å². The Morgan fingerprint density at radius 1 is 1.10 bits per heavy atom. The van der Waals surface area contributed by atoms with Crippen molar-refractivity contribution in [2.45, 2.75) is 26.3 Å². The Labute approximate surface area is 168 Å². The third kappa shape index (κ3) is 4.40. The number of hydrazone groups is 1. The first-order chi connectivity index (χ1) is 14.1. The molecule has 0 aliphatic carbocycles. The lowest BCUT2D eigenvalue weighted by atomic mass is 10.1. The fraction of sp³-hybridized carbons (Fsp3) is 0.182. The van der Waals surface area contributed by atoms with Crippen LogP contribution in [0.25, 0.3) is 0 Å². The molecule has 2 heterocycles. The van der Waals surface area contributed by atoms with Crippen molar-refractivity contribution in [3.05, 3.63) is 78.1 Å². The Hall–Kier alpha value is -3.74. The Morgan fingerprint density at radius 2 is 1.93 bits per heavy atom. The van der Waals surface area contributed by atoms with Crippen molar-refractivity contribution in [2.75, 3.05) is 10.3 Å². The number of carbonyl (C=O) groups is 2. The van der Waals surface area contributed by atoms with Crippen molar-refractivity contribution >= 4 is 28.9 Å². The summed E-state index contributed by atoms with van der Waals surface area (Å²) in [5.74, 6) is -0.447. The molecule has 1 aliphatic heterocycles. The van der Waals surface area contributed by atoms with Gasteiger partial charge in [0.05, 0.1) is 24.1 Å². The number of nitrogens with zero attached hydrogens (tertiary/aromatic N) is 4. The summed E-state index contributed by atoms with van der Waals surface area (Å²) >= 11 is 0. The molecule has 0 bridgehead atoms. The van der Waals surface area contributed by atoms with Crippen molar-refractivity contribution in [3.63, 3.8) is 0 Å². The maximum absolute atomic E-state index is 12.7. The number of rotatable bonds is 5. The van der Waals surface area contributed by atoms with Crippen molar-refractivity contribution in [1.82, 2.24) is 9.78 Å². The molecule has 7 nitrogen and oxygen atoms in total. The van der Waals surface area contributed by atoms with E-state index in [-0.39, 0.29) is 18.2 Å². The zero-order valence-electron chi connectivity index (χ0n) is 16.1. The molecule has 1 N–H and O–H groups in total. The van der Waals surface area contributed by atoms with Crippen LogP contribution in [-0.4, -0.2) is 27.3 Å². The summed E-state index contributed by atoms with van der Waals surface area (Å²) in [5, 5.41) is 12.7. The molecule has 0 radical (unpaired) electrons. The van der Waals surface area contributed by atoms with Gasteiger partial charge in [-0.1, -0.05) is 42.5 Å². The molecule has 1 aromatic heterocycles. The monoisotopic (exact) mass is 387 g/mol. The van der Waals surface area contributed by atoms with E-state index in [4.69, 9.17) is 0 Å². The Morgan fingerprint density at radius 3 is 2.72 bits per heavy atom. The Kier molecular flexibility index (Phi) is 5.20. The molecule has 4 rings (SSSR count).